The van der Waals surface area contributed by atoms with Crippen LogP contribution in [0.2, 0.25) is 0 Å². The number of amides is 2. The summed E-state index contributed by atoms with van der Waals surface area (Å²) in [6.07, 6.45) is 6.14. The Kier molecular flexibility index (Phi) is 4.94. The smallest absolute Gasteiger partial charge is 0.255 e. The maximum atomic E-state index is 12.3. The van der Waals surface area contributed by atoms with Crippen molar-refractivity contribution in [3.8, 4) is 0 Å². The zero-order valence-corrected chi connectivity index (χ0v) is 13.7. The largest absolute Gasteiger partial charge is 0.472 e. The van der Waals surface area contributed by atoms with Gasteiger partial charge in [-0.05, 0) is 18.6 Å². The summed E-state index contributed by atoms with van der Waals surface area (Å²) in [5, 5.41) is 5.35. The second kappa shape index (κ2) is 7.48. The average Bonchev–Trinajstić information content (AvgIpc) is 3.28. The molecule has 0 bridgehead atoms. The standard InChI is InChI=1S/C18H18N4O3/c1-13(20-17(24)15-7-10-25-12-15)16(23)21-18-19-8-9-22(18)11-14-5-3-2-4-6-14/h2-10,12-13H,11H2,1H3,(H,20,24)(H,19,21,23). The molecule has 7 heteroatoms. The first-order chi connectivity index (χ1) is 12.1. The van der Waals surface area contributed by atoms with Crippen molar-refractivity contribution in [3.63, 3.8) is 0 Å². The maximum absolute atomic E-state index is 12.3. The fourth-order valence-electron chi connectivity index (χ4n) is 2.30. The topological polar surface area (TPSA) is 89.2 Å². The minimum Gasteiger partial charge on any atom is -0.472 e. The fraction of sp³-hybridized carbons (Fsp3) is 0.167. The van der Waals surface area contributed by atoms with Gasteiger partial charge in [0.05, 0.1) is 18.4 Å². The third-order valence-corrected chi connectivity index (χ3v) is 3.67. The van der Waals surface area contributed by atoms with Crippen molar-refractivity contribution in [2.24, 2.45) is 0 Å². The van der Waals surface area contributed by atoms with E-state index in [1.807, 2.05) is 34.9 Å². The first kappa shape index (κ1) is 16.5. The number of furan rings is 1. The normalized spacial score (nSPS) is 11.7. The summed E-state index contributed by atoms with van der Waals surface area (Å²) in [7, 11) is 0. The van der Waals surface area contributed by atoms with E-state index < -0.39 is 6.04 Å². The molecule has 0 spiro atoms. The molecular formula is C18H18N4O3. The summed E-state index contributed by atoms with van der Waals surface area (Å²) in [5.41, 5.74) is 1.46. The van der Waals surface area contributed by atoms with E-state index in [1.165, 1.54) is 18.6 Å². The Morgan fingerprint density at radius 1 is 1.24 bits per heavy atom. The number of nitrogens with zero attached hydrogens (tertiary/aromatic N) is 2. The van der Waals surface area contributed by atoms with Crippen molar-refractivity contribution in [3.05, 3.63) is 72.4 Å². The zero-order valence-electron chi connectivity index (χ0n) is 13.7. The molecule has 0 aliphatic heterocycles. The van der Waals surface area contributed by atoms with Gasteiger partial charge in [-0.15, -0.1) is 0 Å². The summed E-state index contributed by atoms with van der Waals surface area (Å²) < 4.78 is 6.69. The van der Waals surface area contributed by atoms with Crippen LogP contribution in [0.4, 0.5) is 5.95 Å². The van der Waals surface area contributed by atoms with Gasteiger partial charge in [0.2, 0.25) is 11.9 Å². The zero-order chi connectivity index (χ0) is 17.6. The van der Waals surface area contributed by atoms with Gasteiger partial charge in [-0.3, -0.25) is 14.9 Å². The van der Waals surface area contributed by atoms with E-state index in [2.05, 4.69) is 15.6 Å². The number of carbonyl (C=O) groups excluding carboxylic acids is 2. The highest BCUT2D eigenvalue weighted by atomic mass is 16.3. The Labute approximate surface area is 144 Å². The molecule has 2 aromatic heterocycles. The molecule has 0 aliphatic rings. The first-order valence-corrected chi connectivity index (χ1v) is 7.82. The summed E-state index contributed by atoms with van der Waals surface area (Å²) in [5.74, 6) is -0.292. The van der Waals surface area contributed by atoms with Crippen molar-refractivity contribution in [2.75, 3.05) is 5.32 Å². The molecule has 0 saturated heterocycles. The molecule has 0 radical (unpaired) electrons. The van der Waals surface area contributed by atoms with Crippen molar-refractivity contribution >= 4 is 17.8 Å². The lowest BCUT2D eigenvalue weighted by Crippen LogP contribution is -2.41. The summed E-state index contributed by atoms with van der Waals surface area (Å²) in [6.45, 7) is 2.20. The van der Waals surface area contributed by atoms with Crippen LogP contribution in [0.15, 0.2) is 65.7 Å². The lowest BCUT2D eigenvalue weighted by molar-refractivity contribution is -0.117. The molecule has 0 fully saturated rings. The molecule has 7 nitrogen and oxygen atoms in total. The SMILES string of the molecule is CC(NC(=O)c1ccoc1)C(=O)Nc1nccn1Cc1ccccc1. The van der Waals surface area contributed by atoms with Gasteiger partial charge in [0.15, 0.2) is 0 Å². The highest BCUT2D eigenvalue weighted by Crippen LogP contribution is 2.10. The molecule has 0 aliphatic carbocycles. The molecule has 2 heterocycles. The number of nitrogens with one attached hydrogen (secondary N) is 2. The molecule has 3 aromatic rings. The molecule has 1 unspecified atom stereocenters. The summed E-state index contributed by atoms with van der Waals surface area (Å²) >= 11 is 0. The minimum atomic E-state index is -0.718. The van der Waals surface area contributed by atoms with Crippen molar-refractivity contribution in [2.45, 2.75) is 19.5 Å². The van der Waals surface area contributed by atoms with E-state index >= 15 is 0 Å². The molecule has 3 rings (SSSR count). The maximum Gasteiger partial charge on any atom is 0.255 e. The number of hydrogen-bond acceptors (Lipinski definition) is 4. The number of aromatic nitrogens is 2. The Balaban J connectivity index is 1.61. The van der Waals surface area contributed by atoms with E-state index in [-0.39, 0.29) is 11.8 Å². The lowest BCUT2D eigenvalue weighted by atomic mass is 10.2. The van der Waals surface area contributed by atoms with Crippen molar-refractivity contribution in [1.29, 1.82) is 0 Å². The molecule has 1 atom stereocenters. The Hall–Kier alpha value is -3.35. The minimum absolute atomic E-state index is 0.350. The van der Waals surface area contributed by atoms with Crippen LogP contribution in [0.3, 0.4) is 0 Å². The fourth-order valence-corrected chi connectivity index (χ4v) is 2.30. The number of carbonyl (C=O) groups is 2. The van der Waals surface area contributed by atoms with Gasteiger partial charge in [0.1, 0.15) is 12.3 Å². The first-order valence-electron chi connectivity index (χ1n) is 7.82. The Morgan fingerprint density at radius 3 is 2.76 bits per heavy atom. The predicted octanol–water partition coefficient (Wildman–Crippen LogP) is 2.28. The average molecular weight is 338 g/mol. The van der Waals surface area contributed by atoms with Gasteiger partial charge in [-0.2, -0.15) is 0 Å². The quantitative estimate of drug-likeness (QED) is 0.721. The van der Waals surface area contributed by atoms with Gasteiger partial charge >= 0.3 is 0 Å². The summed E-state index contributed by atoms with van der Waals surface area (Å²) in [4.78, 5) is 28.4. The third-order valence-electron chi connectivity index (χ3n) is 3.67. The van der Waals surface area contributed by atoms with Gasteiger partial charge in [0, 0.05) is 12.4 Å². The van der Waals surface area contributed by atoms with Gasteiger partial charge in [-0.25, -0.2) is 4.98 Å². The summed E-state index contributed by atoms with van der Waals surface area (Å²) in [6, 6.07) is 10.7. The monoisotopic (exact) mass is 338 g/mol. The van der Waals surface area contributed by atoms with E-state index in [0.717, 1.165) is 5.56 Å². The van der Waals surface area contributed by atoms with Crippen LogP contribution in [-0.4, -0.2) is 27.4 Å². The molecule has 1 aromatic carbocycles. The van der Waals surface area contributed by atoms with Crippen LogP contribution in [0.1, 0.15) is 22.8 Å². The van der Waals surface area contributed by atoms with Crippen LogP contribution in [0.5, 0.6) is 0 Å². The third kappa shape index (κ3) is 4.14. The second-order valence-corrected chi connectivity index (χ2v) is 5.56. The number of hydrogen-bond donors (Lipinski definition) is 2. The van der Waals surface area contributed by atoms with Gasteiger partial charge in [0.25, 0.3) is 5.91 Å². The number of imidazole rings is 1. The van der Waals surface area contributed by atoms with Crippen molar-refractivity contribution < 1.29 is 14.0 Å². The molecule has 2 N–H and O–H groups in total. The Bertz CT molecular complexity index is 840. The Morgan fingerprint density at radius 2 is 2.04 bits per heavy atom. The van der Waals surface area contributed by atoms with Crippen LogP contribution in [0, 0.1) is 0 Å². The second-order valence-electron chi connectivity index (χ2n) is 5.56. The van der Waals surface area contributed by atoms with E-state index in [0.29, 0.717) is 18.1 Å². The highest BCUT2D eigenvalue weighted by molar-refractivity contribution is 6.00. The van der Waals surface area contributed by atoms with E-state index in [1.54, 1.807) is 19.3 Å². The van der Waals surface area contributed by atoms with E-state index in [9.17, 15) is 9.59 Å². The van der Waals surface area contributed by atoms with Gasteiger partial charge in [-0.1, -0.05) is 30.3 Å². The molecular weight excluding hydrogens is 320 g/mol. The number of benzene rings is 1. The molecule has 25 heavy (non-hydrogen) atoms. The molecule has 0 saturated carbocycles. The number of rotatable bonds is 6. The number of anilines is 1. The predicted molar refractivity (Wildman–Crippen MR) is 92.0 cm³/mol. The molecule has 2 amide bonds. The van der Waals surface area contributed by atoms with Crippen LogP contribution in [-0.2, 0) is 11.3 Å². The van der Waals surface area contributed by atoms with Crippen LogP contribution >= 0.6 is 0 Å². The van der Waals surface area contributed by atoms with Gasteiger partial charge < -0.3 is 14.3 Å². The highest BCUT2D eigenvalue weighted by Gasteiger charge is 2.18. The lowest BCUT2D eigenvalue weighted by Gasteiger charge is -2.14. The van der Waals surface area contributed by atoms with Crippen LogP contribution in [0.25, 0.3) is 0 Å². The van der Waals surface area contributed by atoms with Crippen molar-refractivity contribution in [1.82, 2.24) is 14.9 Å². The van der Waals surface area contributed by atoms with E-state index in [4.69, 9.17) is 4.42 Å². The van der Waals surface area contributed by atoms with Crippen LogP contribution < -0.4 is 10.6 Å². The molecule has 128 valence electrons.